The zero-order valence-electron chi connectivity index (χ0n) is 19.6. The number of rotatable bonds is 4. The highest BCUT2D eigenvalue weighted by Crippen LogP contribution is 2.30. The number of carbonyl (C=O) groups excluding carboxylic acids is 1. The Balaban J connectivity index is 1.88. The number of ether oxygens (including phenoxy) is 1. The van der Waals surface area contributed by atoms with Crippen molar-refractivity contribution >= 4 is 23.4 Å². The highest BCUT2D eigenvalue weighted by atomic mass is 32.1. The van der Waals surface area contributed by atoms with Crippen molar-refractivity contribution in [1.82, 2.24) is 4.57 Å². The van der Waals surface area contributed by atoms with Gasteiger partial charge in [-0.25, -0.2) is 9.79 Å². The van der Waals surface area contributed by atoms with Gasteiger partial charge in [-0.3, -0.25) is 9.36 Å². The molecular weight excluding hydrogens is 432 g/mol. The molecule has 0 fully saturated rings. The largest absolute Gasteiger partial charge is 0.463 e. The molecule has 2 heterocycles. The molecule has 0 radical (unpaired) electrons. The van der Waals surface area contributed by atoms with Crippen LogP contribution in [0.5, 0.6) is 0 Å². The Morgan fingerprint density at radius 1 is 1.12 bits per heavy atom. The predicted octanol–water partition coefficient (Wildman–Crippen LogP) is 4.10. The van der Waals surface area contributed by atoms with Gasteiger partial charge in [-0.05, 0) is 42.0 Å². The first-order valence-corrected chi connectivity index (χ1v) is 11.9. The lowest BCUT2D eigenvalue weighted by Crippen LogP contribution is -2.39. The molecule has 0 unspecified atom stereocenters. The highest BCUT2D eigenvalue weighted by Gasteiger charge is 2.33. The van der Waals surface area contributed by atoms with Crippen LogP contribution in [0.25, 0.3) is 6.08 Å². The molecule has 170 valence electrons. The van der Waals surface area contributed by atoms with Gasteiger partial charge in [0.25, 0.3) is 5.56 Å². The molecule has 1 aromatic heterocycles. The van der Waals surface area contributed by atoms with Crippen molar-refractivity contribution in [1.29, 1.82) is 0 Å². The van der Waals surface area contributed by atoms with Gasteiger partial charge in [-0.15, -0.1) is 0 Å². The molecule has 0 aliphatic carbocycles. The zero-order chi connectivity index (χ0) is 23.8. The fraction of sp³-hybridized carbons (Fsp3) is 0.296. The van der Waals surface area contributed by atoms with Crippen LogP contribution < -0.4 is 14.9 Å². The zero-order valence-corrected chi connectivity index (χ0v) is 20.4. The average Bonchev–Trinajstić information content (AvgIpc) is 3.07. The molecule has 33 heavy (non-hydrogen) atoms. The molecular formula is C27H28N2O3S. The summed E-state index contributed by atoms with van der Waals surface area (Å²) in [6.07, 6.45) is 1.89. The quantitative estimate of drug-likeness (QED) is 0.551. The molecule has 4 rings (SSSR count). The summed E-state index contributed by atoms with van der Waals surface area (Å²) in [7, 11) is 0. The Kier molecular flexibility index (Phi) is 6.21. The molecule has 6 heteroatoms. The number of carbonyl (C=O) groups is 1. The molecule has 0 bridgehead atoms. The van der Waals surface area contributed by atoms with Gasteiger partial charge in [0.15, 0.2) is 4.80 Å². The number of hydrogen-bond acceptors (Lipinski definition) is 5. The number of aromatic nitrogens is 1. The van der Waals surface area contributed by atoms with E-state index in [4.69, 9.17) is 4.74 Å². The van der Waals surface area contributed by atoms with E-state index < -0.39 is 12.0 Å². The minimum absolute atomic E-state index is 0.0641. The average molecular weight is 461 g/mol. The van der Waals surface area contributed by atoms with Gasteiger partial charge in [0.2, 0.25) is 0 Å². The highest BCUT2D eigenvalue weighted by molar-refractivity contribution is 7.07. The predicted molar refractivity (Wildman–Crippen MR) is 132 cm³/mol. The van der Waals surface area contributed by atoms with E-state index in [0.29, 0.717) is 20.6 Å². The third kappa shape index (κ3) is 4.48. The fourth-order valence-electron chi connectivity index (χ4n) is 3.97. The minimum atomic E-state index is -0.577. The summed E-state index contributed by atoms with van der Waals surface area (Å²) in [5.74, 6) is -0.445. The number of fused-ring (bicyclic) bond motifs is 1. The molecule has 0 amide bonds. The van der Waals surface area contributed by atoms with Crippen molar-refractivity contribution in [2.45, 2.75) is 46.1 Å². The topological polar surface area (TPSA) is 60.7 Å². The van der Waals surface area contributed by atoms with Crippen LogP contribution in [-0.4, -0.2) is 17.1 Å². The van der Waals surface area contributed by atoms with Gasteiger partial charge >= 0.3 is 5.97 Å². The van der Waals surface area contributed by atoms with Crippen molar-refractivity contribution in [3.05, 3.63) is 102 Å². The van der Waals surface area contributed by atoms with E-state index in [-0.39, 0.29) is 17.6 Å². The Morgan fingerprint density at radius 2 is 1.79 bits per heavy atom. The summed E-state index contributed by atoms with van der Waals surface area (Å²) in [4.78, 5) is 31.6. The lowest BCUT2D eigenvalue weighted by atomic mass is 9.87. The third-order valence-electron chi connectivity index (χ3n) is 5.71. The van der Waals surface area contributed by atoms with Crippen LogP contribution >= 0.6 is 11.3 Å². The number of esters is 1. The Hall–Kier alpha value is -3.25. The van der Waals surface area contributed by atoms with E-state index in [1.54, 1.807) is 18.4 Å². The van der Waals surface area contributed by atoms with Crippen LogP contribution in [0.3, 0.4) is 0 Å². The number of benzene rings is 2. The van der Waals surface area contributed by atoms with E-state index >= 15 is 0 Å². The first-order chi connectivity index (χ1) is 15.7. The summed E-state index contributed by atoms with van der Waals surface area (Å²) in [6, 6.07) is 17.2. The third-order valence-corrected chi connectivity index (χ3v) is 6.69. The first-order valence-electron chi connectivity index (χ1n) is 11.1. The summed E-state index contributed by atoms with van der Waals surface area (Å²) < 4.78 is 7.52. The smallest absolute Gasteiger partial charge is 0.338 e. The molecule has 0 saturated heterocycles. The molecule has 2 aromatic carbocycles. The minimum Gasteiger partial charge on any atom is -0.463 e. The van der Waals surface area contributed by atoms with Crippen molar-refractivity contribution in [2.75, 3.05) is 6.61 Å². The number of hydrogen-bond donors (Lipinski definition) is 0. The Labute approximate surface area is 197 Å². The summed E-state index contributed by atoms with van der Waals surface area (Å²) >= 11 is 1.34. The molecule has 1 aliphatic heterocycles. The van der Waals surface area contributed by atoms with E-state index in [0.717, 1.165) is 11.1 Å². The van der Waals surface area contributed by atoms with Crippen LogP contribution in [0.2, 0.25) is 0 Å². The van der Waals surface area contributed by atoms with Crippen LogP contribution in [0.1, 0.15) is 57.4 Å². The maximum atomic E-state index is 13.6. The molecule has 5 nitrogen and oxygen atoms in total. The first kappa shape index (κ1) is 22.9. The fourth-order valence-corrected chi connectivity index (χ4v) is 5.02. The summed E-state index contributed by atoms with van der Waals surface area (Å²) in [6.45, 7) is 10.3. The maximum Gasteiger partial charge on any atom is 0.338 e. The Bertz CT molecular complexity index is 1390. The van der Waals surface area contributed by atoms with Gasteiger partial charge in [0.05, 0.1) is 28.5 Å². The van der Waals surface area contributed by atoms with Crippen LogP contribution in [0.4, 0.5) is 0 Å². The number of allylic oxidation sites excluding steroid dienone is 1. The molecule has 1 aliphatic rings. The van der Waals surface area contributed by atoms with Crippen LogP contribution in [-0.2, 0) is 14.9 Å². The SMILES string of the molecule is CCOC(=O)C1=C(C)N=c2s/c(=C\c3ccc(C(C)(C)C)cc3)c(=O)n2[C@H]1c1ccccc1. The number of nitrogens with zero attached hydrogens (tertiary/aromatic N) is 2. The van der Waals surface area contributed by atoms with E-state index in [1.807, 2.05) is 48.5 Å². The van der Waals surface area contributed by atoms with Gasteiger partial charge < -0.3 is 4.74 Å². The van der Waals surface area contributed by atoms with Crippen molar-refractivity contribution in [3.63, 3.8) is 0 Å². The van der Waals surface area contributed by atoms with E-state index in [2.05, 4.69) is 37.9 Å². The normalized spacial score (nSPS) is 16.4. The van der Waals surface area contributed by atoms with Crippen LogP contribution in [0, 0.1) is 0 Å². The van der Waals surface area contributed by atoms with E-state index in [9.17, 15) is 9.59 Å². The van der Waals surface area contributed by atoms with E-state index in [1.165, 1.54) is 16.9 Å². The van der Waals surface area contributed by atoms with Crippen LogP contribution in [0.15, 0.2) is 75.7 Å². The van der Waals surface area contributed by atoms with Gasteiger partial charge in [-0.1, -0.05) is 86.7 Å². The van der Waals surface area contributed by atoms with Crippen molar-refractivity contribution < 1.29 is 9.53 Å². The molecule has 0 saturated carbocycles. The lowest BCUT2D eigenvalue weighted by molar-refractivity contribution is -0.139. The lowest BCUT2D eigenvalue weighted by Gasteiger charge is -2.24. The standard InChI is InChI=1S/C27H28N2O3S/c1-6-32-25(31)22-17(2)28-26-29(23(22)19-10-8-7-9-11-19)24(30)21(33-26)16-18-12-14-20(15-13-18)27(3,4)5/h7-16,23H,6H2,1-5H3/b21-16-/t23-/m0/s1. The van der Waals surface area contributed by atoms with Crippen molar-refractivity contribution in [3.8, 4) is 0 Å². The Morgan fingerprint density at radius 3 is 2.39 bits per heavy atom. The second-order valence-corrected chi connectivity index (χ2v) is 10.1. The maximum absolute atomic E-state index is 13.6. The molecule has 1 atom stereocenters. The number of thiazole rings is 1. The summed E-state index contributed by atoms with van der Waals surface area (Å²) in [5, 5.41) is 0. The van der Waals surface area contributed by atoms with Gasteiger partial charge in [-0.2, -0.15) is 0 Å². The molecule has 0 spiro atoms. The van der Waals surface area contributed by atoms with Crippen molar-refractivity contribution in [2.24, 2.45) is 4.99 Å². The molecule has 0 N–H and O–H groups in total. The monoisotopic (exact) mass is 460 g/mol. The van der Waals surface area contributed by atoms with Gasteiger partial charge in [0, 0.05) is 0 Å². The second-order valence-electron chi connectivity index (χ2n) is 9.08. The van der Waals surface area contributed by atoms with Gasteiger partial charge in [0.1, 0.15) is 0 Å². The summed E-state index contributed by atoms with van der Waals surface area (Å²) in [5.41, 5.74) is 3.90. The molecule has 3 aromatic rings. The second kappa shape index (κ2) is 8.94.